The molecule has 0 aromatic heterocycles. The lowest BCUT2D eigenvalue weighted by molar-refractivity contribution is 0.0927. The van der Waals surface area contributed by atoms with Gasteiger partial charge in [0.05, 0.1) is 12.0 Å². The normalized spacial score (nSPS) is 10.8. The minimum atomic E-state index is -3.38. The standard InChI is InChI=1S/C18H20N2O5S/c1-25-15-8-6-13(7-9-15)17(21)19-10-11-20-18(22)14-4-3-5-16(12-14)26(2,23)24/h3-9,12H,10-11H2,1-2H3,(H,19,21)(H,20,22). The highest BCUT2D eigenvalue weighted by molar-refractivity contribution is 7.90. The molecule has 8 heteroatoms. The van der Waals surface area contributed by atoms with E-state index in [9.17, 15) is 18.0 Å². The van der Waals surface area contributed by atoms with Crippen LogP contribution in [0.1, 0.15) is 20.7 Å². The molecule has 0 unspecified atom stereocenters. The van der Waals surface area contributed by atoms with Gasteiger partial charge in [0.1, 0.15) is 5.75 Å². The third-order valence-corrected chi connectivity index (χ3v) is 4.68. The molecule has 0 saturated heterocycles. The van der Waals surface area contributed by atoms with Crippen LogP contribution in [0, 0.1) is 0 Å². The molecule has 7 nitrogen and oxygen atoms in total. The summed E-state index contributed by atoms with van der Waals surface area (Å²) in [5, 5.41) is 5.32. The minimum absolute atomic E-state index is 0.0814. The Morgan fingerprint density at radius 1 is 0.923 bits per heavy atom. The van der Waals surface area contributed by atoms with Gasteiger partial charge in [-0.3, -0.25) is 9.59 Å². The minimum Gasteiger partial charge on any atom is -0.497 e. The summed E-state index contributed by atoms with van der Waals surface area (Å²) in [4.78, 5) is 24.1. The van der Waals surface area contributed by atoms with Crippen molar-refractivity contribution in [2.45, 2.75) is 4.90 Å². The Balaban J connectivity index is 1.84. The Morgan fingerprint density at radius 2 is 1.50 bits per heavy atom. The second kappa shape index (κ2) is 8.48. The molecule has 0 heterocycles. The molecule has 0 spiro atoms. The number of carbonyl (C=O) groups excluding carboxylic acids is 2. The average Bonchev–Trinajstić information content (AvgIpc) is 2.64. The molecule has 2 aromatic rings. The van der Waals surface area contributed by atoms with E-state index in [-0.39, 0.29) is 29.5 Å². The third-order valence-electron chi connectivity index (χ3n) is 3.57. The van der Waals surface area contributed by atoms with E-state index in [4.69, 9.17) is 4.74 Å². The SMILES string of the molecule is COc1ccc(C(=O)NCCNC(=O)c2cccc(S(C)(=O)=O)c2)cc1. The number of nitrogens with one attached hydrogen (secondary N) is 2. The maximum atomic E-state index is 12.1. The van der Waals surface area contributed by atoms with E-state index >= 15 is 0 Å². The van der Waals surface area contributed by atoms with Crippen LogP contribution >= 0.6 is 0 Å². The molecule has 2 aromatic carbocycles. The highest BCUT2D eigenvalue weighted by atomic mass is 32.2. The number of sulfone groups is 1. The molecule has 0 atom stereocenters. The number of ether oxygens (including phenoxy) is 1. The highest BCUT2D eigenvalue weighted by Crippen LogP contribution is 2.12. The van der Waals surface area contributed by atoms with Crippen molar-refractivity contribution in [1.82, 2.24) is 10.6 Å². The van der Waals surface area contributed by atoms with E-state index in [1.165, 1.54) is 24.3 Å². The monoisotopic (exact) mass is 376 g/mol. The smallest absolute Gasteiger partial charge is 0.251 e. The quantitative estimate of drug-likeness (QED) is 0.709. The fourth-order valence-corrected chi connectivity index (χ4v) is 2.83. The van der Waals surface area contributed by atoms with Gasteiger partial charge >= 0.3 is 0 Å². The summed E-state index contributed by atoms with van der Waals surface area (Å²) in [7, 11) is -1.83. The van der Waals surface area contributed by atoms with E-state index in [1.54, 1.807) is 31.4 Å². The summed E-state index contributed by atoms with van der Waals surface area (Å²) >= 11 is 0. The zero-order valence-corrected chi connectivity index (χ0v) is 15.3. The van der Waals surface area contributed by atoms with Crippen molar-refractivity contribution in [3.05, 3.63) is 59.7 Å². The fourth-order valence-electron chi connectivity index (χ4n) is 2.17. The molecule has 26 heavy (non-hydrogen) atoms. The van der Waals surface area contributed by atoms with Crippen LogP contribution in [0.4, 0.5) is 0 Å². The van der Waals surface area contributed by atoms with Gasteiger partial charge in [-0.25, -0.2) is 8.42 Å². The zero-order chi connectivity index (χ0) is 19.2. The maximum absolute atomic E-state index is 12.1. The lowest BCUT2D eigenvalue weighted by atomic mass is 10.2. The van der Waals surface area contributed by atoms with Crippen LogP contribution in [-0.2, 0) is 9.84 Å². The second-order valence-electron chi connectivity index (χ2n) is 5.54. The van der Waals surface area contributed by atoms with Crippen LogP contribution in [0.3, 0.4) is 0 Å². The number of hydrogen-bond acceptors (Lipinski definition) is 5. The number of benzene rings is 2. The summed E-state index contributed by atoms with van der Waals surface area (Å²) in [6.07, 6.45) is 1.08. The predicted molar refractivity (Wildman–Crippen MR) is 97.2 cm³/mol. The van der Waals surface area contributed by atoms with E-state index in [1.807, 2.05) is 0 Å². The number of methoxy groups -OCH3 is 1. The van der Waals surface area contributed by atoms with Crippen molar-refractivity contribution >= 4 is 21.7 Å². The van der Waals surface area contributed by atoms with Crippen molar-refractivity contribution < 1.29 is 22.7 Å². The summed E-state index contributed by atoms with van der Waals surface area (Å²) in [6.45, 7) is 0.451. The topological polar surface area (TPSA) is 102 Å². The van der Waals surface area contributed by atoms with Crippen molar-refractivity contribution in [2.75, 3.05) is 26.5 Å². The average molecular weight is 376 g/mol. The van der Waals surface area contributed by atoms with Crippen LogP contribution in [0.25, 0.3) is 0 Å². The van der Waals surface area contributed by atoms with E-state index < -0.39 is 15.7 Å². The molecular weight excluding hydrogens is 356 g/mol. The van der Waals surface area contributed by atoms with Gasteiger partial charge in [-0.1, -0.05) is 6.07 Å². The first kappa shape index (κ1) is 19.5. The van der Waals surface area contributed by atoms with Crippen LogP contribution in [0.15, 0.2) is 53.4 Å². The van der Waals surface area contributed by atoms with Gasteiger partial charge in [0, 0.05) is 30.5 Å². The van der Waals surface area contributed by atoms with Crippen molar-refractivity contribution in [3.63, 3.8) is 0 Å². The summed E-state index contributed by atoms with van der Waals surface area (Å²) in [6, 6.07) is 12.4. The van der Waals surface area contributed by atoms with Gasteiger partial charge < -0.3 is 15.4 Å². The Bertz CT molecular complexity index is 892. The number of amides is 2. The summed E-state index contributed by atoms with van der Waals surface area (Å²) in [5.41, 5.74) is 0.729. The first-order valence-electron chi connectivity index (χ1n) is 7.82. The Morgan fingerprint density at radius 3 is 2.04 bits per heavy atom. The highest BCUT2D eigenvalue weighted by Gasteiger charge is 2.11. The number of rotatable bonds is 7. The predicted octanol–water partition coefficient (Wildman–Crippen LogP) is 1.26. The molecule has 2 amide bonds. The summed E-state index contributed by atoms with van der Waals surface area (Å²) in [5.74, 6) is -0.0136. The molecule has 0 aliphatic heterocycles. The molecule has 0 radical (unpaired) electrons. The molecule has 0 aliphatic carbocycles. The molecule has 0 saturated carbocycles. The van der Waals surface area contributed by atoms with E-state index in [0.29, 0.717) is 11.3 Å². The molecule has 0 aliphatic rings. The molecule has 138 valence electrons. The van der Waals surface area contributed by atoms with Crippen LogP contribution in [0.2, 0.25) is 0 Å². The summed E-state index contributed by atoms with van der Waals surface area (Å²) < 4.78 is 28.1. The van der Waals surface area contributed by atoms with Crippen molar-refractivity contribution in [3.8, 4) is 5.75 Å². The Kier molecular flexibility index (Phi) is 6.35. The first-order chi connectivity index (χ1) is 12.3. The second-order valence-corrected chi connectivity index (χ2v) is 7.56. The number of carbonyl (C=O) groups is 2. The van der Waals surface area contributed by atoms with Gasteiger partial charge in [0.2, 0.25) is 0 Å². The molecule has 2 N–H and O–H groups in total. The molecule has 0 fully saturated rings. The first-order valence-corrected chi connectivity index (χ1v) is 9.71. The van der Waals surface area contributed by atoms with Gasteiger partial charge in [-0.15, -0.1) is 0 Å². The third kappa shape index (κ3) is 5.32. The van der Waals surface area contributed by atoms with E-state index in [2.05, 4.69) is 10.6 Å². The van der Waals surface area contributed by atoms with E-state index in [0.717, 1.165) is 6.26 Å². The molecular formula is C18H20N2O5S. The van der Waals surface area contributed by atoms with Gasteiger partial charge in [-0.05, 0) is 42.5 Å². The fraction of sp³-hybridized carbons (Fsp3) is 0.222. The van der Waals surface area contributed by atoms with Crippen LogP contribution in [-0.4, -0.2) is 46.7 Å². The maximum Gasteiger partial charge on any atom is 0.251 e. The van der Waals surface area contributed by atoms with Crippen molar-refractivity contribution in [2.24, 2.45) is 0 Å². The lowest BCUT2D eigenvalue weighted by Crippen LogP contribution is -2.34. The van der Waals surface area contributed by atoms with Crippen LogP contribution in [0.5, 0.6) is 5.75 Å². The zero-order valence-electron chi connectivity index (χ0n) is 14.5. The largest absolute Gasteiger partial charge is 0.497 e. The molecule has 0 bridgehead atoms. The van der Waals surface area contributed by atoms with Gasteiger partial charge in [0.25, 0.3) is 11.8 Å². The number of hydrogen-bond donors (Lipinski definition) is 2. The van der Waals surface area contributed by atoms with Gasteiger partial charge in [-0.2, -0.15) is 0 Å². The van der Waals surface area contributed by atoms with Crippen molar-refractivity contribution in [1.29, 1.82) is 0 Å². The Labute approximate surface area is 152 Å². The lowest BCUT2D eigenvalue weighted by Gasteiger charge is -2.08. The Hall–Kier alpha value is -2.87. The van der Waals surface area contributed by atoms with Crippen LogP contribution < -0.4 is 15.4 Å². The molecule has 2 rings (SSSR count). The van der Waals surface area contributed by atoms with Gasteiger partial charge in [0.15, 0.2) is 9.84 Å².